The second kappa shape index (κ2) is 7.14. The number of amides is 2. The van der Waals surface area contributed by atoms with Crippen LogP contribution in [0.1, 0.15) is 16.5 Å². The fraction of sp³-hybridized carbons (Fsp3) is 0.235. The fourth-order valence-corrected chi connectivity index (χ4v) is 3.82. The molecule has 1 atom stereocenters. The molecule has 2 amide bonds. The van der Waals surface area contributed by atoms with Gasteiger partial charge in [0, 0.05) is 24.1 Å². The van der Waals surface area contributed by atoms with E-state index in [0.717, 1.165) is 24.3 Å². The van der Waals surface area contributed by atoms with E-state index in [0.29, 0.717) is 17.9 Å². The lowest BCUT2D eigenvalue weighted by atomic mass is 10.1. The van der Waals surface area contributed by atoms with Crippen LogP contribution in [0.3, 0.4) is 0 Å². The standard InChI is InChI=1S/C17H13F5N2OS/c18-13-6-5-12(9-14(13)19)23-16(25)24-7-8-26-15(24)10-1-3-11(4-2-10)17(20,21)22/h1-6,9,15H,7-8H2,(H,23,25). The number of carbonyl (C=O) groups excluding carboxylic acids is 1. The van der Waals surface area contributed by atoms with E-state index < -0.39 is 34.8 Å². The predicted octanol–water partition coefficient (Wildman–Crippen LogP) is 5.26. The number of hydrogen-bond acceptors (Lipinski definition) is 2. The lowest BCUT2D eigenvalue weighted by Gasteiger charge is -2.24. The Balaban J connectivity index is 1.75. The van der Waals surface area contributed by atoms with Crippen molar-refractivity contribution in [1.29, 1.82) is 0 Å². The Labute approximate surface area is 150 Å². The van der Waals surface area contributed by atoms with Crippen LogP contribution in [0.2, 0.25) is 0 Å². The number of carbonyl (C=O) groups is 1. The molecule has 3 rings (SSSR count). The first kappa shape index (κ1) is 18.5. The number of halogens is 5. The second-order valence-electron chi connectivity index (χ2n) is 5.60. The Hall–Kier alpha value is -2.29. The summed E-state index contributed by atoms with van der Waals surface area (Å²) in [6, 6.07) is 7.07. The summed E-state index contributed by atoms with van der Waals surface area (Å²) < 4.78 is 64.2. The van der Waals surface area contributed by atoms with Gasteiger partial charge in [0.05, 0.1) is 5.56 Å². The van der Waals surface area contributed by atoms with Crippen molar-refractivity contribution in [3.05, 3.63) is 65.2 Å². The molecule has 0 aromatic heterocycles. The SMILES string of the molecule is O=C(Nc1ccc(F)c(F)c1)N1CCSC1c1ccc(C(F)(F)F)cc1. The molecule has 0 aliphatic carbocycles. The predicted molar refractivity (Wildman–Crippen MR) is 88.7 cm³/mol. The third-order valence-corrected chi connectivity index (χ3v) is 5.11. The third-order valence-electron chi connectivity index (χ3n) is 3.85. The smallest absolute Gasteiger partial charge is 0.308 e. The molecule has 1 heterocycles. The maximum absolute atomic E-state index is 13.2. The van der Waals surface area contributed by atoms with Crippen LogP contribution in [0.25, 0.3) is 0 Å². The molecule has 3 nitrogen and oxygen atoms in total. The van der Waals surface area contributed by atoms with Crippen LogP contribution in [0.5, 0.6) is 0 Å². The van der Waals surface area contributed by atoms with Crippen molar-refractivity contribution in [3.8, 4) is 0 Å². The van der Waals surface area contributed by atoms with Crippen LogP contribution in [0, 0.1) is 11.6 Å². The van der Waals surface area contributed by atoms with Crippen LogP contribution in [-0.4, -0.2) is 23.2 Å². The minimum Gasteiger partial charge on any atom is -0.308 e. The van der Waals surface area contributed by atoms with Gasteiger partial charge in [-0.05, 0) is 29.8 Å². The lowest BCUT2D eigenvalue weighted by molar-refractivity contribution is -0.137. The number of nitrogens with zero attached hydrogens (tertiary/aromatic N) is 1. The zero-order valence-electron chi connectivity index (χ0n) is 13.2. The summed E-state index contributed by atoms with van der Waals surface area (Å²) in [6.07, 6.45) is -4.43. The zero-order chi connectivity index (χ0) is 18.9. The molecule has 9 heteroatoms. The van der Waals surface area contributed by atoms with Gasteiger partial charge in [0.15, 0.2) is 11.6 Å². The van der Waals surface area contributed by atoms with E-state index in [4.69, 9.17) is 0 Å². The first-order chi connectivity index (χ1) is 12.3. The molecule has 26 heavy (non-hydrogen) atoms. The monoisotopic (exact) mass is 388 g/mol. The van der Waals surface area contributed by atoms with Gasteiger partial charge in [-0.1, -0.05) is 12.1 Å². The summed E-state index contributed by atoms with van der Waals surface area (Å²) in [5, 5.41) is 2.02. The summed E-state index contributed by atoms with van der Waals surface area (Å²) in [5.41, 5.74) is -0.111. The van der Waals surface area contributed by atoms with Crippen LogP contribution in [-0.2, 0) is 6.18 Å². The topological polar surface area (TPSA) is 32.3 Å². The van der Waals surface area contributed by atoms with Crippen molar-refractivity contribution in [2.24, 2.45) is 0 Å². The van der Waals surface area contributed by atoms with E-state index in [1.54, 1.807) is 0 Å². The van der Waals surface area contributed by atoms with Gasteiger partial charge in [-0.25, -0.2) is 13.6 Å². The maximum Gasteiger partial charge on any atom is 0.416 e. The summed E-state index contributed by atoms with van der Waals surface area (Å²) in [7, 11) is 0. The Morgan fingerprint density at radius 2 is 1.77 bits per heavy atom. The van der Waals surface area contributed by atoms with Crippen molar-refractivity contribution in [2.45, 2.75) is 11.6 Å². The number of nitrogens with one attached hydrogen (secondary N) is 1. The molecule has 138 valence electrons. The number of anilines is 1. The Morgan fingerprint density at radius 3 is 2.38 bits per heavy atom. The Kier molecular flexibility index (Phi) is 5.08. The number of benzene rings is 2. The van der Waals surface area contributed by atoms with Gasteiger partial charge in [0.1, 0.15) is 5.37 Å². The van der Waals surface area contributed by atoms with Gasteiger partial charge in [0.2, 0.25) is 0 Å². The van der Waals surface area contributed by atoms with E-state index in [-0.39, 0.29) is 5.69 Å². The molecule has 1 N–H and O–H groups in total. The number of rotatable bonds is 2. The van der Waals surface area contributed by atoms with Crippen LogP contribution < -0.4 is 5.32 Å². The number of alkyl halides is 3. The van der Waals surface area contributed by atoms with Gasteiger partial charge in [0.25, 0.3) is 0 Å². The molecule has 0 bridgehead atoms. The Morgan fingerprint density at radius 1 is 1.08 bits per heavy atom. The van der Waals surface area contributed by atoms with Gasteiger partial charge in [-0.3, -0.25) is 0 Å². The molecule has 0 spiro atoms. The van der Waals surface area contributed by atoms with E-state index in [1.807, 2.05) is 0 Å². The number of thioether (sulfide) groups is 1. The van der Waals surface area contributed by atoms with Crippen molar-refractivity contribution in [2.75, 3.05) is 17.6 Å². The molecule has 1 saturated heterocycles. The molecule has 1 aliphatic rings. The molecule has 1 unspecified atom stereocenters. The highest BCUT2D eigenvalue weighted by Gasteiger charge is 2.33. The molecule has 1 aliphatic heterocycles. The van der Waals surface area contributed by atoms with Gasteiger partial charge < -0.3 is 10.2 Å². The van der Waals surface area contributed by atoms with Gasteiger partial charge >= 0.3 is 12.2 Å². The first-order valence-corrected chi connectivity index (χ1v) is 8.62. The minimum absolute atomic E-state index is 0.0944. The largest absolute Gasteiger partial charge is 0.416 e. The van der Waals surface area contributed by atoms with E-state index in [1.165, 1.54) is 34.9 Å². The first-order valence-electron chi connectivity index (χ1n) is 7.57. The summed E-state index contributed by atoms with van der Waals surface area (Å²) >= 11 is 1.41. The average Bonchev–Trinajstić information content (AvgIpc) is 3.07. The van der Waals surface area contributed by atoms with Gasteiger partial charge in [-0.15, -0.1) is 11.8 Å². The average molecular weight is 388 g/mol. The lowest BCUT2D eigenvalue weighted by Crippen LogP contribution is -2.34. The highest BCUT2D eigenvalue weighted by Crippen LogP contribution is 2.39. The Bertz CT molecular complexity index is 810. The molecular weight excluding hydrogens is 375 g/mol. The number of urea groups is 1. The molecule has 1 fully saturated rings. The number of hydrogen-bond donors (Lipinski definition) is 1. The minimum atomic E-state index is -4.43. The molecule has 0 radical (unpaired) electrons. The van der Waals surface area contributed by atoms with E-state index in [2.05, 4.69) is 5.32 Å². The summed E-state index contributed by atoms with van der Waals surface area (Å²) in [4.78, 5) is 13.9. The summed E-state index contributed by atoms with van der Waals surface area (Å²) in [6.45, 7) is 0.381. The van der Waals surface area contributed by atoms with E-state index >= 15 is 0 Å². The van der Waals surface area contributed by atoms with Crippen molar-refractivity contribution in [3.63, 3.8) is 0 Å². The molecule has 2 aromatic rings. The second-order valence-corrected chi connectivity index (χ2v) is 6.78. The summed E-state index contributed by atoms with van der Waals surface area (Å²) in [5.74, 6) is -1.50. The maximum atomic E-state index is 13.2. The highest BCUT2D eigenvalue weighted by molar-refractivity contribution is 7.99. The highest BCUT2D eigenvalue weighted by atomic mass is 32.2. The van der Waals surface area contributed by atoms with E-state index in [9.17, 15) is 26.7 Å². The zero-order valence-corrected chi connectivity index (χ0v) is 14.0. The molecule has 0 saturated carbocycles. The van der Waals surface area contributed by atoms with Crippen LogP contribution in [0.4, 0.5) is 32.4 Å². The van der Waals surface area contributed by atoms with Crippen LogP contribution >= 0.6 is 11.8 Å². The molecule has 2 aromatic carbocycles. The van der Waals surface area contributed by atoms with Crippen molar-refractivity contribution < 1.29 is 26.7 Å². The van der Waals surface area contributed by atoms with Crippen molar-refractivity contribution >= 4 is 23.5 Å². The normalized spacial score (nSPS) is 17.4. The van der Waals surface area contributed by atoms with Crippen LogP contribution in [0.15, 0.2) is 42.5 Å². The molecular formula is C17H13F5N2OS. The fourth-order valence-electron chi connectivity index (χ4n) is 2.56. The third kappa shape index (κ3) is 3.92. The van der Waals surface area contributed by atoms with Gasteiger partial charge in [-0.2, -0.15) is 13.2 Å². The quantitative estimate of drug-likeness (QED) is 0.712. The van der Waals surface area contributed by atoms with Crippen molar-refractivity contribution in [1.82, 2.24) is 4.90 Å².